The molecule has 8 heteroatoms. The van der Waals surface area contributed by atoms with Crippen molar-refractivity contribution in [3.05, 3.63) is 17.8 Å². The summed E-state index contributed by atoms with van der Waals surface area (Å²) < 4.78 is 31.8. The van der Waals surface area contributed by atoms with Crippen LogP contribution in [-0.4, -0.2) is 54.7 Å². The first-order chi connectivity index (χ1) is 8.87. The first kappa shape index (κ1) is 14.0. The molecule has 0 spiro atoms. The number of carbonyl (C=O) groups is 1. The number of aliphatic hydroxyl groups is 1. The maximum atomic E-state index is 12.4. The highest BCUT2D eigenvalue weighted by Crippen LogP contribution is 2.22. The molecule has 1 aliphatic rings. The van der Waals surface area contributed by atoms with Crippen LogP contribution < -0.4 is 0 Å². The molecular weight excluding hydrogens is 272 g/mol. The Kier molecular flexibility index (Phi) is 3.66. The van der Waals surface area contributed by atoms with Crippen LogP contribution in [0.1, 0.15) is 16.9 Å². The summed E-state index contributed by atoms with van der Waals surface area (Å²) in [6, 6.07) is 2.78. The predicted octanol–water partition coefficient (Wildman–Crippen LogP) is -0.433. The van der Waals surface area contributed by atoms with Crippen molar-refractivity contribution >= 4 is 16.0 Å². The van der Waals surface area contributed by atoms with Gasteiger partial charge >= 0.3 is 5.97 Å². The lowest BCUT2D eigenvalue weighted by Crippen LogP contribution is -2.31. The fourth-order valence-electron chi connectivity index (χ4n) is 2.12. The predicted molar refractivity (Wildman–Crippen MR) is 66.1 cm³/mol. The van der Waals surface area contributed by atoms with Crippen molar-refractivity contribution in [2.75, 3.05) is 20.2 Å². The number of carbonyl (C=O) groups excluding carboxylic acids is 1. The van der Waals surface area contributed by atoms with E-state index in [0.717, 1.165) is 0 Å². The van der Waals surface area contributed by atoms with Gasteiger partial charge in [-0.1, -0.05) is 0 Å². The molecule has 1 atom stereocenters. The Morgan fingerprint density at radius 3 is 2.68 bits per heavy atom. The fourth-order valence-corrected chi connectivity index (χ4v) is 3.79. The highest BCUT2D eigenvalue weighted by molar-refractivity contribution is 7.89. The van der Waals surface area contributed by atoms with Gasteiger partial charge in [-0.3, -0.25) is 0 Å². The monoisotopic (exact) mass is 288 g/mol. The van der Waals surface area contributed by atoms with E-state index in [-0.39, 0.29) is 23.8 Å². The molecular formula is C11H16N2O5S. The highest BCUT2D eigenvalue weighted by Gasteiger charge is 2.34. The topological polar surface area (TPSA) is 88.8 Å². The standard InChI is InChI=1S/C11H16N2O5S/c1-12-9(11(15)18-2)3-4-10(12)19(16,17)13-6-5-8(14)7-13/h3-4,8,14H,5-7H2,1-2H3. The zero-order chi connectivity index (χ0) is 14.2. The molecule has 0 aromatic carbocycles. The van der Waals surface area contributed by atoms with Crippen LogP contribution >= 0.6 is 0 Å². The van der Waals surface area contributed by atoms with Crippen molar-refractivity contribution in [3.8, 4) is 0 Å². The molecule has 7 nitrogen and oxygen atoms in total. The molecule has 1 fully saturated rings. The Labute approximate surface area is 111 Å². The maximum absolute atomic E-state index is 12.4. The molecule has 1 aromatic heterocycles. The van der Waals surface area contributed by atoms with Gasteiger partial charge in [-0.25, -0.2) is 13.2 Å². The van der Waals surface area contributed by atoms with E-state index in [1.54, 1.807) is 0 Å². The minimum atomic E-state index is -3.69. The molecule has 0 saturated carbocycles. The number of hydrogen-bond donors (Lipinski definition) is 1. The van der Waals surface area contributed by atoms with Gasteiger partial charge in [0.2, 0.25) is 0 Å². The molecule has 1 aliphatic heterocycles. The quantitative estimate of drug-likeness (QED) is 0.762. The number of nitrogens with zero attached hydrogens (tertiary/aromatic N) is 2. The lowest BCUT2D eigenvalue weighted by molar-refractivity contribution is 0.0589. The summed E-state index contributed by atoms with van der Waals surface area (Å²) in [5.41, 5.74) is 0.167. The number of rotatable bonds is 3. The lowest BCUT2D eigenvalue weighted by atomic mass is 10.3. The number of aliphatic hydroxyl groups excluding tert-OH is 1. The minimum absolute atomic E-state index is 0.0157. The summed E-state index contributed by atoms with van der Waals surface area (Å²) in [6.07, 6.45) is -0.205. The molecule has 106 valence electrons. The van der Waals surface area contributed by atoms with Crippen LogP contribution in [0.25, 0.3) is 0 Å². The summed E-state index contributed by atoms with van der Waals surface area (Å²) in [5, 5.41) is 9.44. The molecule has 2 rings (SSSR count). The summed E-state index contributed by atoms with van der Waals surface area (Å²) >= 11 is 0. The number of aromatic nitrogens is 1. The van der Waals surface area contributed by atoms with E-state index in [0.29, 0.717) is 6.42 Å². The Hall–Kier alpha value is -1.38. The molecule has 0 amide bonds. The van der Waals surface area contributed by atoms with Gasteiger partial charge in [0.15, 0.2) is 5.03 Å². The number of esters is 1. The zero-order valence-corrected chi connectivity index (χ0v) is 11.6. The lowest BCUT2D eigenvalue weighted by Gasteiger charge is -2.16. The molecule has 1 unspecified atom stereocenters. The van der Waals surface area contributed by atoms with Crippen LogP contribution in [0.4, 0.5) is 0 Å². The largest absolute Gasteiger partial charge is 0.464 e. The molecule has 0 radical (unpaired) electrons. The Balaban J connectivity index is 2.37. The Morgan fingerprint density at radius 1 is 1.47 bits per heavy atom. The van der Waals surface area contributed by atoms with E-state index in [1.165, 1.54) is 35.2 Å². The highest BCUT2D eigenvalue weighted by atomic mass is 32.2. The van der Waals surface area contributed by atoms with Crippen LogP contribution in [0.3, 0.4) is 0 Å². The second kappa shape index (κ2) is 4.95. The van der Waals surface area contributed by atoms with E-state index in [4.69, 9.17) is 0 Å². The SMILES string of the molecule is COC(=O)c1ccc(S(=O)(=O)N2CCC(O)C2)n1C. The third-order valence-corrected chi connectivity index (χ3v) is 5.15. The summed E-state index contributed by atoms with van der Waals surface area (Å²) in [4.78, 5) is 11.5. The van der Waals surface area contributed by atoms with Crippen molar-refractivity contribution in [2.24, 2.45) is 7.05 Å². The van der Waals surface area contributed by atoms with Crippen molar-refractivity contribution in [2.45, 2.75) is 17.6 Å². The normalized spacial score (nSPS) is 20.7. The first-order valence-electron chi connectivity index (χ1n) is 5.80. The van der Waals surface area contributed by atoms with Gasteiger partial charge in [-0.2, -0.15) is 4.31 Å². The van der Waals surface area contributed by atoms with Crippen molar-refractivity contribution in [1.82, 2.24) is 8.87 Å². The first-order valence-corrected chi connectivity index (χ1v) is 7.24. The average molecular weight is 288 g/mol. The summed E-state index contributed by atoms with van der Waals surface area (Å²) in [7, 11) is -0.967. The van der Waals surface area contributed by atoms with E-state index in [2.05, 4.69) is 4.74 Å². The summed E-state index contributed by atoms with van der Waals surface area (Å²) in [6.45, 7) is 0.364. The Morgan fingerprint density at radius 2 is 2.16 bits per heavy atom. The molecule has 19 heavy (non-hydrogen) atoms. The minimum Gasteiger partial charge on any atom is -0.464 e. The van der Waals surface area contributed by atoms with Crippen LogP contribution in [0.5, 0.6) is 0 Å². The van der Waals surface area contributed by atoms with Gasteiger partial charge in [0, 0.05) is 20.1 Å². The van der Waals surface area contributed by atoms with Crippen molar-refractivity contribution in [3.63, 3.8) is 0 Å². The number of ether oxygens (including phenoxy) is 1. The van der Waals surface area contributed by atoms with Crippen LogP contribution in [0.2, 0.25) is 0 Å². The van der Waals surface area contributed by atoms with Gasteiger partial charge in [0.1, 0.15) is 5.69 Å². The van der Waals surface area contributed by atoms with Gasteiger partial charge in [0.25, 0.3) is 10.0 Å². The van der Waals surface area contributed by atoms with Crippen LogP contribution in [-0.2, 0) is 21.8 Å². The van der Waals surface area contributed by atoms with E-state index in [9.17, 15) is 18.3 Å². The van der Waals surface area contributed by atoms with E-state index < -0.39 is 22.1 Å². The van der Waals surface area contributed by atoms with Gasteiger partial charge in [0.05, 0.1) is 13.2 Å². The zero-order valence-electron chi connectivity index (χ0n) is 10.7. The number of sulfonamides is 1. The summed E-state index contributed by atoms with van der Waals surface area (Å²) in [5.74, 6) is -0.592. The van der Waals surface area contributed by atoms with Gasteiger partial charge in [-0.15, -0.1) is 0 Å². The smallest absolute Gasteiger partial charge is 0.354 e. The molecule has 0 bridgehead atoms. The van der Waals surface area contributed by atoms with Crippen molar-refractivity contribution < 1.29 is 23.1 Å². The fraction of sp³-hybridized carbons (Fsp3) is 0.545. The third-order valence-electron chi connectivity index (χ3n) is 3.20. The molecule has 1 saturated heterocycles. The maximum Gasteiger partial charge on any atom is 0.354 e. The third kappa shape index (κ3) is 2.38. The number of hydrogen-bond acceptors (Lipinski definition) is 5. The van der Waals surface area contributed by atoms with E-state index in [1.807, 2.05) is 0 Å². The van der Waals surface area contributed by atoms with Gasteiger partial charge < -0.3 is 14.4 Å². The second-order valence-corrected chi connectivity index (χ2v) is 6.30. The van der Waals surface area contributed by atoms with E-state index >= 15 is 0 Å². The number of methoxy groups -OCH3 is 1. The number of β-amino-alcohol motifs (C(OH)–C–C–N with tert-alkyl or cyclic N) is 1. The molecule has 0 aliphatic carbocycles. The van der Waals surface area contributed by atoms with Crippen LogP contribution in [0, 0.1) is 0 Å². The Bertz CT molecular complexity index is 592. The second-order valence-electron chi connectivity index (χ2n) is 4.41. The van der Waals surface area contributed by atoms with Crippen molar-refractivity contribution in [1.29, 1.82) is 0 Å². The molecule has 2 heterocycles. The average Bonchev–Trinajstić information content (AvgIpc) is 2.95. The molecule has 1 aromatic rings. The van der Waals surface area contributed by atoms with Crippen LogP contribution in [0.15, 0.2) is 17.2 Å². The van der Waals surface area contributed by atoms with Gasteiger partial charge in [-0.05, 0) is 18.6 Å². The molecule has 1 N–H and O–H groups in total.